The summed E-state index contributed by atoms with van der Waals surface area (Å²) in [7, 11) is 0. The average molecular weight is 268 g/mol. The van der Waals surface area contributed by atoms with Crippen LogP contribution in [0.3, 0.4) is 0 Å². The molecule has 1 aromatic carbocycles. The van der Waals surface area contributed by atoms with Gasteiger partial charge in [-0.25, -0.2) is 4.68 Å². The second-order valence-electron chi connectivity index (χ2n) is 3.77. The number of nitro benzene ring substituents is 1. The summed E-state index contributed by atoms with van der Waals surface area (Å²) in [6.07, 6.45) is 1.56. The molecule has 0 bridgehead atoms. The van der Waals surface area contributed by atoms with E-state index in [0.717, 1.165) is 0 Å². The van der Waals surface area contributed by atoms with Crippen LogP contribution in [0.1, 0.15) is 18.7 Å². The van der Waals surface area contributed by atoms with Gasteiger partial charge in [0.2, 0.25) is 0 Å². The summed E-state index contributed by atoms with van der Waals surface area (Å²) in [6, 6.07) is 4.05. The van der Waals surface area contributed by atoms with Crippen LogP contribution in [-0.4, -0.2) is 19.9 Å². The number of nitrogens with zero attached hydrogens (tertiary/aromatic N) is 4. The van der Waals surface area contributed by atoms with Gasteiger partial charge in [0.15, 0.2) is 0 Å². The zero-order valence-corrected chi connectivity index (χ0v) is 10.2. The lowest BCUT2D eigenvalue weighted by Crippen LogP contribution is -2.05. The molecule has 8 heteroatoms. The Balaban J connectivity index is 2.52. The number of hydrogen-bond donors (Lipinski definition) is 1. The number of nitrogens with two attached hydrogens (primary N) is 1. The number of aromatic nitrogens is 3. The van der Waals surface area contributed by atoms with E-state index in [4.69, 9.17) is 17.3 Å². The molecule has 0 aliphatic carbocycles. The molecular weight excluding hydrogens is 258 g/mol. The molecule has 2 rings (SSSR count). The molecule has 1 heterocycles. The molecule has 1 atom stereocenters. The minimum atomic E-state index is -0.519. The zero-order valence-electron chi connectivity index (χ0n) is 9.45. The number of benzene rings is 1. The van der Waals surface area contributed by atoms with Crippen molar-refractivity contribution in [1.82, 2.24) is 15.0 Å². The highest BCUT2D eigenvalue weighted by Crippen LogP contribution is 2.26. The van der Waals surface area contributed by atoms with Gasteiger partial charge in [-0.3, -0.25) is 10.1 Å². The first-order chi connectivity index (χ1) is 8.49. The van der Waals surface area contributed by atoms with Crippen LogP contribution in [-0.2, 0) is 0 Å². The van der Waals surface area contributed by atoms with E-state index in [0.29, 0.717) is 11.4 Å². The second kappa shape index (κ2) is 4.71. The van der Waals surface area contributed by atoms with Gasteiger partial charge in [-0.15, -0.1) is 5.10 Å². The van der Waals surface area contributed by atoms with Gasteiger partial charge >= 0.3 is 0 Å². The van der Waals surface area contributed by atoms with Crippen LogP contribution >= 0.6 is 11.6 Å². The van der Waals surface area contributed by atoms with Crippen molar-refractivity contribution in [3.05, 3.63) is 45.2 Å². The lowest BCUT2D eigenvalue weighted by Gasteiger charge is -2.02. The Kier molecular flexibility index (Phi) is 3.26. The highest BCUT2D eigenvalue weighted by atomic mass is 35.5. The first-order valence-corrected chi connectivity index (χ1v) is 5.49. The summed E-state index contributed by atoms with van der Waals surface area (Å²) in [5.74, 6) is 0. The molecule has 2 N–H and O–H groups in total. The van der Waals surface area contributed by atoms with E-state index in [2.05, 4.69) is 10.3 Å². The third-order valence-electron chi connectivity index (χ3n) is 2.36. The molecule has 0 amide bonds. The molecule has 94 valence electrons. The largest absolute Gasteiger partial charge is 0.323 e. The molecule has 7 nitrogen and oxygen atoms in total. The maximum atomic E-state index is 10.9. The van der Waals surface area contributed by atoms with Crippen molar-refractivity contribution in [3.8, 4) is 5.69 Å². The molecule has 0 aliphatic heterocycles. The van der Waals surface area contributed by atoms with Crippen LogP contribution in [0.2, 0.25) is 5.02 Å². The van der Waals surface area contributed by atoms with E-state index in [1.807, 2.05) is 0 Å². The fourth-order valence-corrected chi connectivity index (χ4v) is 1.61. The summed E-state index contributed by atoms with van der Waals surface area (Å²) in [4.78, 5) is 10.4. The molecule has 0 spiro atoms. The monoisotopic (exact) mass is 267 g/mol. The topological polar surface area (TPSA) is 99.9 Å². The molecule has 0 saturated heterocycles. The molecule has 0 saturated carbocycles. The Morgan fingerprint density at radius 3 is 2.83 bits per heavy atom. The lowest BCUT2D eigenvalue weighted by molar-refractivity contribution is -0.384. The highest BCUT2D eigenvalue weighted by Gasteiger charge is 2.17. The van der Waals surface area contributed by atoms with Crippen molar-refractivity contribution in [2.75, 3.05) is 0 Å². The van der Waals surface area contributed by atoms with Crippen LogP contribution in [0.25, 0.3) is 5.69 Å². The van der Waals surface area contributed by atoms with Crippen LogP contribution < -0.4 is 5.73 Å². The predicted octanol–water partition coefficient (Wildman–Crippen LogP) is 1.85. The zero-order chi connectivity index (χ0) is 13.3. The SMILES string of the molecule is CC(N)c1cn(-c2ccc(Cl)cc2[N+](=O)[O-])nn1. The van der Waals surface area contributed by atoms with Crippen molar-refractivity contribution >= 4 is 17.3 Å². The van der Waals surface area contributed by atoms with Gasteiger partial charge in [-0.2, -0.15) is 0 Å². The van der Waals surface area contributed by atoms with Gasteiger partial charge in [0, 0.05) is 17.1 Å². The molecule has 0 radical (unpaired) electrons. The average Bonchev–Trinajstić information content (AvgIpc) is 2.78. The van der Waals surface area contributed by atoms with Gasteiger partial charge in [0.05, 0.1) is 16.8 Å². The van der Waals surface area contributed by atoms with E-state index in [-0.39, 0.29) is 16.8 Å². The van der Waals surface area contributed by atoms with Crippen molar-refractivity contribution in [1.29, 1.82) is 0 Å². The maximum Gasteiger partial charge on any atom is 0.296 e. The van der Waals surface area contributed by atoms with Gasteiger partial charge in [-0.1, -0.05) is 16.8 Å². The van der Waals surface area contributed by atoms with E-state index >= 15 is 0 Å². The number of rotatable bonds is 3. The van der Waals surface area contributed by atoms with Crippen LogP contribution in [0.5, 0.6) is 0 Å². The van der Waals surface area contributed by atoms with E-state index in [9.17, 15) is 10.1 Å². The number of hydrogen-bond acceptors (Lipinski definition) is 5. The van der Waals surface area contributed by atoms with E-state index in [1.54, 1.807) is 19.2 Å². The molecule has 1 unspecified atom stereocenters. The molecular formula is C10H10ClN5O2. The van der Waals surface area contributed by atoms with Crippen molar-refractivity contribution in [2.45, 2.75) is 13.0 Å². The predicted molar refractivity (Wildman–Crippen MR) is 65.6 cm³/mol. The first kappa shape index (κ1) is 12.5. The minimum absolute atomic E-state index is 0.136. The summed E-state index contributed by atoms with van der Waals surface area (Å²) in [5.41, 5.74) is 6.37. The first-order valence-electron chi connectivity index (χ1n) is 5.11. The third kappa shape index (κ3) is 2.31. The van der Waals surface area contributed by atoms with E-state index in [1.165, 1.54) is 16.8 Å². The Morgan fingerprint density at radius 2 is 2.28 bits per heavy atom. The Morgan fingerprint density at radius 1 is 1.56 bits per heavy atom. The standard InChI is InChI=1S/C10H10ClN5O2/c1-6(12)8-5-15(14-13-8)9-3-2-7(11)4-10(9)16(17)18/h2-6H,12H2,1H3. The summed E-state index contributed by atoms with van der Waals surface area (Å²) in [5, 5.41) is 18.9. The number of nitro groups is 1. The Bertz CT molecular complexity index is 596. The molecule has 1 aromatic heterocycles. The summed E-state index contributed by atoms with van der Waals surface area (Å²) < 4.78 is 1.31. The normalized spacial score (nSPS) is 12.4. The van der Waals surface area contributed by atoms with Crippen molar-refractivity contribution in [2.24, 2.45) is 5.73 Å². The summed E-state index contributed by atoms with van der Waals surface area (Å²) >= 11 is 5.73. The number of halogens is 1. The van der Waals surface area contributed by atoms with Crippen molar-refractivity contribution in [3.63, 3.8) is 0 Å². The van der Waals surface area contributed by atoms with Gasteiger partial charge < -0.3 is 5.73 Å². The third-order valence-corrected chi connectivity index (χ3v) is 2.59. The molecule has 0 aliphatic rings. The van der Waals surface area contributed by atoms with Crippen LogP contribution in [0.15, 0.2) is 24.4 Å². The molecule has 18 heavy (non-hydrogen) atoms. The molecule has 0 fully saturated rings. The fourth-order valence-electron chi connectivity index (χ4n) is 1.44. The fraction of sp³-hybridized carbons (Fsp3) is 0.200. The summed E-state index contributed by atoms with van der Waals surface area (Å²) in [6.45, 7) is 1.75. The van der Waals surface area contributed by atoms with E-state index < -0.39 is 4.92 Å². The Labute approximate surface area is 107 Å². The lowest BCUT2D eigenvalue weighted by atomic mass is 10.2. The molecule has 2 aromatic rings. The minimum Gasteiger partial charge on any atom is -0.323 e. The van der Waals surface area contributed by atoms with Crippen LogP contribution in [0, 0.1) is 10.1 Å². The smallest absolute Gasteiger partial charge is 0.296 e. The van der Waals surface area contributed by atoms with Gasteiger partial charge in [0.1, 0.15) is 5.69 Å². The van der Waals surface area contributed by atoms with Gasteiger partial charge in [0.25, 0.3) is 5.69 Å². The maximum absolute atomic E-state index is 10.9. The quantitative estimate of drug-likeness (QED) is 0.676. The van der Waals surface area contributed by atoms with Gasteiger partial charge in [-0.05, 0) is 19.1 Å². The second-order valence-corrected chi connectivity index (χ2v) is 4.20. The highest BCUT2D eigenvalue weighted by molar-refractivity contribution is 6.30. The Hall–Kier alpha value is -1.99. The van der Waals surface area contributed by atoms with Crippen molar-refractivity contribution < 1.29 is 4.92 Å². The van der Waals surface area contributed by atoms with Crippen LogP contribution in [0.4, 0.5) is 5.69 Å².